The smallest absolute Gasteiger partial charge is 0.416 e. The van der Waals surface area contributed by atoms with Crippen LogP contribution in [0.3, 0.4) is 0 Å². The summed E-state index contributed by atoms with van der Waals surface area (Å²) < 4.78 is 45.7. The molecule has 0 fully saturated rings. The number of H-pyrrole nitrogens is 1. The molecule has 0 aliphatic rings. The standard InChI is InChI=1S/C18H12ClF3N2O4/c1-8-23-14-6-12(18(20,21)22)10(4-11(14)16(25)24-8)7-28-15-3-2-9(17(26)27)5-13(15)19/h2-6H,7H2,1H3,(H,26,27)(H,23,24,25). The number of fused-ring (bicyclic) bond motifs is 1. The molecule has 0 aliphatic heterocycles. The molecule has 146 valence electrons. The van der Waals surface area contributed by atoms with Crippen LogP contribution in [0, 0.1) is 6.92 Å². The number of nitrogens with one attached hydrogen (secondary N) is 1. The molecule has 0 unspecified atom stereocenters. The average molecular weight is 413 g/mol. The van der Waals surface area contributed by atoms with Crippen molar-refractivity contribution < 1.29 is 27.8 Å². The summed E-state index contributed by atoms with van der Waals surface area (Å²) in [5.74, 6) is -1.000. The lowest BCUT2D eigenvalue weighted by Gasteiger charge is -2.15. The number of benzene rings is 2. The summed E-state index contributed by atoms with van der Waals surface area (Å²) in [5, 5.41) is 8.84. The number of ether oxygens (including phenoxy) is 1. The monoisotopic (exact) mass is 412 g/mol. The van der Waals surface area contributed by atoms with Crippen molar-refractivity contribution in [3.05, 3.63) is 68.2 Å². The molecular weight excluding hydrogens is 401 g/mol. The first-order valence-corrected chi connectivity index (χ1v) is 8.20. The van der Waals surface area contributed by atoms with Gasteiger partial charge in [0.1, 0.15) is 18.2 Å². The van der Waals surface area contributed by atoms with Gasteiger partial charge in [-0.3, -0.25) is 4.79 Å². The number of nitrogens with zero attached hydrogens (tertiary/aromatic N) is 1. The number of rotatable bonds is 4. The summed E-state index contributed by atoms with van der Waals surface area (Å²) in [7, 11) is 0. The molecule has 0 saturated carbocycles. The molecular formula is C18H12ClF3N2O4. The molecule has 0 spiro atoms. The second-order valence-electron chi connectivity index (χ2n) is 5.91. The number of alkyl halides is 3. The second-order valence-corrected chi connectivity index (χ2v) is 6.32. The fraction of sp³-hybridized carbons (Fsp3) is 0.167. The molecule has 0 amide bonds. The van der Waals surface area contributed by atoms with E-state index in [-0.39, 0.29) is 38.6 Å². The van der Waals surface area contributed by atoms with Crippen molar-refractivity contribution in [2.75, 3.05) is 0 Å². The highest BCUT2D eigenvalue weighted by molar-refractivity contribution is 6.32. The third-order valence-corrected chi connectivity index (χ3v) is 4.21. The maximum atomic E-state index is 13.5. The molecule has 1 aromatic heterocycles. The fourth-order valence-corrected chi connectivity index (χ4v) is 2.87. The van der Waals surface area contributed by atoms with Crippen LogP contribution in [-0.4, -0.2) is 21.0 Å². The first kappa shape index (κ1) is 19.7. The van der Waals surface area contributed by atoms with Gasteiger partial charge < -0.3 is 14.8 Å². The van der Waals surface area contributed by atoms with Crippen LogP contribution < -0.4 is 10.3 Å². The number of carboxylic acids is 1. The number of halogens is 4. The molecule has 10 heteroatoms. The zero-order chi connectivity index (χ0) is 20.6. The van der Waals surface area contributed by atoms with E-state index < -0.39 is 29.9 Å². The van der Waals surface area contributed by atoms with Gasteiger partial charge >= 0.3 is 12.1 Å². The molecule has 2 N–H and O–H groups in total. The lowest BCUT2D eigenvalue weighted by Crippen LogP contribution is -2.15. The molecule has 3 aromatic rings. The molecule has 2 aromatic carbocycles. The fourth-order valence-electron chi connectivity index (χ4n) is 2.64. The molecule has 28 heavy (non-hydrogen) atoms. The summed E-state index contributed by atoms with van der Waals surface area (Å²) in [6.45, 7) is 0.929. The Labute approximate surface area is 160 Å². The third-order valence-electron chi connectivity index (χ3n) is 3.92. The van der Waals surface area contributed by atoms with Gasteiger partial charge in [0.25, 0.3) is 5.56 Å². The van der Waals surface area contributed by atoms with E-state index >= 15 is 0 Å². The Morgan fingerprint density at radius 2 is 2.00 bits per heavy atom. The number of carbonyl (C=O) groups is 1. The van der Waals surface area contributed by atoms with Crippen molar-refractivity contribution in [3.63, 3.8) is 0 Å². The van der Waals surface area contributed by atoms with Crippen LogP contribution in [0.4, 0.5) is 13.2 Å². The number of aromatic nitrogens is 2. The summed E-state index contributed by atoms with van der Waals surface area (Å²) >= 11 is 5.93. The van der Waals surface area contributed by atoms with Gasteiger partial charge in [-0.05, 0) is 37.3 Å². The predicted molar refractivity (Wildman–Crippen MR) is 94.8 cm³/mol. The Morgan fingerprint density at radius 3 is 2.61 bits per heavy atom. The Hall–Kier alpha value is -3.07. The maximum absolute atomic E-state index is 13.5. The number of aromatic carboxylic acids is 1. The van der Waals surface area contributed by atoms with E-state index in [4.69, 9.17) is 21.4 Å². The molecule has 0 bridgehead atoms. The van der Waals surface area contributed by atoms with E-state index in [0.717, 1.165) is 18.2 Å². The van der Waals surface area contributed by atoms with E-state index in [2.05, 4.69) is 9.97 Å². The van der Waals surface area contributed by atoms with Gasteiger partial charge in [0.15, 0.2) is 0 Å². The number of aromatic amines is 1. The lowest BCUT2D eigenvalue weighted by atomic mass is 10.0. The van der Waals surface area contributed by atoms with Gasteiger partial charge in [0, 0.05) is 5.56 Å². The van der Waals surface area contributed by atoms with Gasteiger partial charge in [-0.1, -0.05) is 11.6 Å². The van der Waals surface area contributed by atoms with Crippen LogP contribution in [0.25, 0.3) is 10.9 Å². The van der Waals surface area contributed by atoms with Crippen LogP contribution in [0.1, 0.15) is 27.3 Å². The van der Waals surface area contributed by atoms with Crippen LogP contribution in [-0.2, 0) is 12.8 Å². The van der Waals surface area contributed by atoms with Crippen molar-refractivity contribution in [2.24, 2.45) is 0 Å². The first-order chi connectivity index (χ1) is 13.1. The minimum absolute atomic E-state index is 0.00970. The third kappa shape index (κ3) is 3.94. The second kappa shape index (κ2) is 7.16. The number of carboxylic acid groups (broad SMARTS) is 1. The van der Waals surface area contributed by atoms with Crippen molar-refractivity contribution in [1.29, 1.82) is 0 Å². The quantitative estimate of drug-likeness (QED) is 0.670. The summed E-state index contributed by atoms with van der Waals surface area (Å²) in [5.41, 5.74) is -2.01. The average Bonchev–Trinajstić information content (AvgIpc) is 2.59. The molecule has 0 radical (unpaired) electrons. The van der Waals surface area contributed by atoms with E-state index in [0.29, 0.717) is 0 Å². The summed E-state index contributed by atoms with van der Waals surface area (Å²) in [4.78, 5) is 29.3. The van der Waals surface area contributed by atoms with Crippen molar-refractivity contribution in [1.82, 2.24) is 9.97 Å². The molecule has 0 atom stereocenters. The molecule has 1 heterocycles. The summed E-state index contributed by atoms with van der Waals surface area (Å²) in [6, 6.07) is 5.46. The van der Waals surface area contributed by atoms with E-state index in [9.17, 15) is 22.8 Å². The zero-order valence-electron chi connectivity index (χ0n) is 14.2. The van der Waals surface area contributed by atoms with E-state index in [1.807, 2.05) is 0 Å². The van der Waals surface area contributed by atoms with Crippen molar-refractivity contribution in [3.8, 4) is 5.75 Å². The Morgan fingerprint density at radius 1 is 1.29 bits per heavy atom. The largest absolute Gasteiger partial charge is 0.487 e. The van der Waals surface area contributed by atoms with Crippen LogP contribution in [0.2, 0.25) is 5.02 Å². The normalized spacial score (nSPS) is 11.6. The van der Waals surface area contributed by atoms with Crippen LogP contribution in [0.15, 0.2) is 35.1 Å². The van der Waals surface area contributed by atoms with Gasteiger partial charge in [-0.15, -0.1) is 0 Å². The summed E-state index contributed by atoms with van der Waals surface area (Å²) in [6.07, 6.45) is -4.69. The Balaban J connectivity index is 2.02. The first-order valence-electron chi connectivity index (χ1n) is 7.82. The molecule has 3 rings (SSSR count). The van der Waals surface area contributed by atoms with Crippen LogP contribution >= 0.6 is 11.6 Å². The van der Waals surface area contributed by atoms with Gasteiger partial charge in [-0.25, -0.2) is 9.78 Å². The number of hydrogen-bond donors (Lipinski definition) is 2. The Kier molecular flexibility index (Phi) is 5.03. The minimum atomic E-state index is -4.69. The lowest BCUT2D eigenvalue weighted by molar-refractivity contribution is -0.138. The maximum Gasteiger partial charge on any atom is 0.416 e. The predicted octanol–water partition coefficient (Wildman–Crippen LogP) is 4.18. The Bertz CT molecular complexity index is 1140. The SMILES string of the molecule is Cc1nc2cc(C(F)(F)F)c(COc3ccc(C(=O)O)cc3Cl)cc2c(=O)[nH]1. The van der Waals surface area contributed by atoms with Gasteiger partial charge in [0.2, 0.25) is 0 Å². The molecule has 0 saturated heterocycles. The molecule has 0 aliphatic carbocycles. The van der Waals surface area contributed by atoms with Crippen LogP contribution in [0.5, 0.6) is 5.75 Å². The van der Waals surface area contributed by atoms with E-state index in [1.165, 1.54) is 19.1 Å². The van der Waals surface area contributed by atoms with E-state index in [1.54, 1.807) is 0 Å². The van der Waals surface area contributed by atoms with Crippen molar-refractivity contribution in [2.45, 2.75) is 19.7 Å². The topological polar surface area (TPSA) is 92.3 Å². The highest BCUT2D eigenvalue weighted by atomic mass is 35.5. The highest BCUT2D eigenvalue weighted by Gasteiger charge is 2.34. The highest BCUT2D eigenvalue weighted by Crippen LogP contribution is 2.35. The number of hydrogen-bond acceptors (Lipinski definition) is 4. The molecule has 6 nitrogen and oxygen atoms in total. The van der Waals surface area contributed by atoms with Gasteiger partial charge in [0.05, 0.1) is 27.1 Å². The number of aryl methyl sites for hydroxylation is 1. The van der Waals surface area contributed by atoms with Gasteiger partial charge in [-0.2, -0.15) is 13.2 Å². The minimum Gasteiger partial charge on any atom is -0.487 e. The van der Waals surface area contributed by atoms with Crippen molar-refractivity contribution >= 4 is 28.5 Å². The zero-order valence-corrected chi connectivity index (χ0v) is 15.0.